The number of aryl methyl sites for hydroxylation is 1. The maximum atomic E-state index is 13.4. The highest BCUT2D eigenvalue weighted by molar-refractivity contribution is 6.31. The summed E-state index contributed by atoms with van der Waals surface area (Å²) in [6, 6.07) is 10.4. The van der Waals surface area contributed by atoms with Crippen molar-refractivity contribution < 1.29 is 9.18 Å². The van der Waals surface area contributed by atoms with Gasteiger partial charge in [0.05, 0.1) is 5.02 Å². The fraction of sp³-hybridized carbons (Fsp3) is 0.227. The minimum Gasteiger partial charge on any atom is -0.332 e. The summed E-state index contributed by atoms with van der Waals surface area (Å²) in [5.41, 5.74) is 4.12. The average molecular weight is 385 g/mol. The van der Waals surface area contributed by atoms with Crippen molar-refractivity contribution in [1.82, 2.24) is 4.57 Å². The molecular weight excluding hydrogens is 363 g/mol. The molecule has 0 unspecified atom stereocenters. The molecule has 27 heavy (non-hydrogen) atoms. The van der Waals surface area contributed by atoms with Crippen LogP contribution in [-0.4, -0.2) is 10.5 Å². The van der Waals surface area contributed by atoms with E-state index in [9.17, 15) is 9.18 Å². The van der Waals surface area contributed by atoms with E-state index < -0.39 is 5.82 Å². The predicted octanol–water partition coefficient (Wildman–Crippen LogP) is 6.30. The number of rotatable bonds is 5. The maximum Gasteiger partial charge on any atom is 0.272 e. The van der Waals surface area contributed by atoms with Crippen LogP contribution in [0.4, 0.5) is 10.1 Å². The van der Waals surface area contributed by atoms with E-state index in [1.165, 1.54) is 23.8 Å². The molecule has 0 fully saturated rings. The molecule has 0 atom stereocenters. The molecule has 3 nitrogen and oxygen atoms in total. The third kappa shape index (κ3) is 3.62. The molecule has 140 valence electrons. The number of anilines is 1. The molecule has 1 amide bonds. The number of halogens is 2. The highest BCUT2D eigenvalue weighted by Crippen LogP contribution is 2.30. The molecule has 0 radical (unpaired) electrons. The minimum atomic E-state index is -0.521. The molecule has 1 N–H and O–H groups in total. The second-order valence-corrected chi connectivity index (χ2v) is 7.29. The van der Waals surface area contributed by atoms with Crippen LogP contribution in [-0.2, 0) is 6.54 Å². The van der Waals surface area contributed by atoms with Crippen LogP contribution in [0.25, 0.3) is 10.9 Å². The summed E-state index contributed by atoms with van der Waals surface area (Å²) in [5.74, 6) is -0.387. The number of fused-ring (bicyclic) bond motifs is 1. The smallest absolute Gasteiger partial charge is 0.272 e. The molecule has 1 heterocycles. The van der Waals surface area contributed by atoms with Gasteiger partial charge in [-0.1, -0.05) is 37.6 Å². The van der Waals surface area contributed by atoms with Gasteiger partial charge in [0.15, 0.2) is 0 Å². The Morgan fingerprint density at radius 1 is 1.30 bits per heavy atom. The summed E-state index contributed by atoms with van der Waals surface area (Å²) in [4.78, 5) is 13.0. The molecule has 0 aliphatic carbocycles. The van der Waals surface area contributed by atoms with Crippen molar-refractivity contribution in [2.75, 3.05) is 5.32 Å². The van der Waals surface area contributed by atoms with Crippen LogP contribution < -0.4 is 5.32 Å². The number of benzene rings is 2. The summed E-state index contributed by atoms with van der Waals surface area (Å²) in [5, 5.41) is 3.84. The molecule has 0 spiro atoms. The third-order valence-electron chi connectivity index (χ3n) is 4.71. The van der Waals surface area contributed by atoms with Crippen LogP contribution >= 0.6 is 11.6 Å². The molecule has 3 rings (SSSR count). The Labute approximate surface area is 163 Å². The number of carbonyl (C=O) groups excluding carboxylic acids is 1. The van der Waals surface area contributed by atoms with Gasteiger partial charge in [-0.25, -0.2) is 4.39 Å². The maximum absolute atomic E-state index is 13.4. The third-order valence-corrected chi connectivity index (χ3v) is 5.00. The summed E-state index contributed by atoms with van der Waals surface area (Å²) in [6.45, 7) is 10.6. The first-order chi connectivity index (χ1) is 12.8. The molecular formula is C22H22ClFN2O. The number of hydrogen-bond donors (Lipinski definition) is 1. The van der Waals surface area contributed by atoms with Gasteiger partial charge >= 0.3 is 0 Å². The summed E-state index contributed by atoms with van der Waals surface area (Å²) in [6.07, 6.45) is 1.76. The van der Waals surface area contributed by atoms with Gasteiger partial charge in [-0.15, -0.1) is 6.58 Å². The largest absolute Gasteiger partial charge is 0.332 e. The lowest BCUT2D eigenvalue weighted by Gasteiger charge is -2.11. The molecule has 3 aromatic rings. The Bertz CT molecular complexity index is 1040. The van der Waals surface area contributed by atoms with Crippen molar-refractivity contribution in [2.24, 2.45) is 0 Å². The average Bonchev–Trinajstić information content (AvgIpc) is 2.90. The van der Waals surface area contributed by atoms with Gasteiger partial charge in [0.25, 0.3) is 5.91 Å². The Morgan fingerprint density at radius 2 is 2.04 bits per heavy atom. The van der Waals surface area contributed by atoms with Crippen molar-refractivity contribution in [2.45, 2.75) is 33.2 Å². The molecule has 5 heteroatoms. The Kier molecular flexibility index (Phi) is 5.38. The number of aromatic nitrogens is 1. The molecule has 0 aliphatic rings. The monoisotopic (exact) mass is 384 g/mol. The van der Waals surface area contributed by atoms with E-state index in [0.29, 0.717) is 23.8 Å². The van der Waals surface area contributed by atoms with Crippen molar-refractivity contribution in [1.29, 1.82) is 0 Å². The molecule has 0 bridgehead atoms. The number of amides is 1. The van der Waals surface area contributed by atoms with Crippen molar-refractivity contribution in [3.05, 3.63) is 76.7 Å². The van der Waals surface area contributed by atoms with Gasteiger partial charge in [0.1, 0.15) is 11.5 Å². The van der Waals surface area contributed by atoms with Crippen molar-refractivity contribution in [3.8, 4) is 0 Å². The standard InChI is InChI=1S/C22H22ClFN2O/c1-5-10-26-20-9-6-15(13(2)3)11-17(20)14(4)21(26)22(27)25-16-7-8-19(24)18(23)12-16/h5-9,11-13H,1,10H2,2-4H3,(H,25,27). The predicted molar refractivity (Wildman–Crippen MR) is 110 cm³/mol. The lowest BCUT2D eigenvalue weighted by atomic mass is 10.0. The molecule has 0 aliphatic heterocycles. The first kappa shape index (κ1) is 19.2. The molecule has 0 saturated carbocycles. The number of hydrogen-bond acceptors (Lipinski definition) is 1. The zero-order valence-electron chi connectivity index (χ0n) is 15.6. The van der Waals surface area contributed by atoms with Gasteiger partial charge in [-0.2, -0.15) is 0 Å². The number of nitrogens with one attached hydrogen (secondary N) is 1. The second-order valence-electron chi connectivity index (χ2n) is 6.89. The number of nitrogens with zero attached hydrogens (tertiary/aromatic N) is 1. The Balaban J connectivity index is 2.09. The first-order valence-corrected chi connectivity index (χ1v) is 9.21. The highest BCUT2D eigenvalue weighted by atomic mass is 35.5. The molecule has 0 saturated heterocycles. The molecule has 1 aromatic heterocycles. The fourth-order valence-electron chi connectivity index (χ4n) is 3.27. The topological polar surface area (TPSA) is 34.0 Å². The van der Waals surface area contributed by atoms with Crippen molar-refractivity contribution >= 4 is 34.1 Å². The van der Waals surface area contributed by atoms with Gasteiger partial charge in [0.2, 0.25) is 0 Å². The van der Waals surface area contributed by atoms with Crippen LogP contribution in [0.5, 0.6) is 0 Å². The highest BCUT2D eigenvalue weighted by Gasteiger charge is 2.20. The van der Waals surface area contributed by atoms with Gasteiger partial charge in [-0.05, 0) is 54.3 Å². The van der Waals surface area contributed by atoms with Crippen LogP contribution in [0.3, 0.4) is 0 Å². The molecule has 2 aromatic carbocycles. The Morgan fingerprint density at radius 3 is 2.67 bits per heavy atom. The fourth-order valence-corrected chi connectivity index (χ4v) is 3.46. The zero-order chi connectivity index (χ0) is 19.7. The Hall–Kier alpha value is -2.59. The van der Waals surface area contributed by atoms with Crippen LogP contribution in [0.1, 0.15) is 41.4 Å². The van der Waals surface area contributed by atoms with Crippen LogP contribution in [0, 0.1) is 12.7 Å². The van der Waals surface area contributed by atoms with E-state index in [4.69, 9.17) is 11.6 Å². The normalized spacial score (nSPS) is 11.2. The van der Waals surface area contributed by atoms with Crippen molar-refractivity contribution in [3.63, 3.8) is 0 Å². The van der Waals surface area contributed by atoms with Crippen LogP contribution in [0.15, 0.2) is 49.1 Å². The second kappa shape index (κ2) is 7.57. The summed E-state index contributed by atoms with van der Waals surface area (Å²) < 4.78 is 15.3. The van der Waals surface area contributed by atoms with E-state index in [2.05, 4.69) is 37.9 Å². The van der Waals surface area contributed by atoms with Gasteiger partial charge in [0, 0.05) is 23.1 Å². The number of carbonyl (C=O) groups is 1. The number of allylic oxidation sites excluding steroid dienone is 1. The lowest BCUT2D eigenvalue weighted by Crippen LogP contribution is -2.18. The van der Waals surface area contributed by atoms with E-state index in [0.717, 1.165) is 16.5 Å². The first-order valence-electron chi connectivity index (χ1n) is 8.83. The summed E-state index contributed by atoms with van der Waals surface area (Å²) >= 11 is 5.82. The van der Waals surface area contributed by atoms with E-state index in [1.807, 2.05) is 17.6 Å². The quantitative estimate of drug-likeness (QED) is 0.514. The SMILES string of the molecule is C=CCn1c(C(=O)Nc2ccc(F)c(Cl)c2)c(C)c2cc(C(C)C)ccc21. The minimum absolute atomic E-state index is 0.0299. The zero-order valence-corrected chi connectivity index (χ0v) is 16.4. The van der Waals surface area contributed by atoms with Gasteiger partial charge in [-0.3, -0.25) is 4.79 Å². The summed E-state index contributed by atoms with van der Waals surface area (Å²) in [7, 11) is 0. The van der Waals surface area contributed by atoms with Crippen LogP contribution in [0.2, 0.25) is 5.02 Å². The van der Waals surface area contributed by atoms with E-state index in [1.54, 1.807) is 6.08 Å². The van der Waals surface area contributed by atoms with E-state index in [-0.39, 0.29) is 10.9 Å². The van der Waals surface area contributed by atoms with Gasteiger partial charge < -0.3 is 9.88 Å². The van der Waals surface area contributed by atoms with E-state index >= 15 is 0 Å². The lowest BCUT2D eigenvalue weighted by molar-refractivity contribution is 0.101.